The van der Waals surface area contributed by atoms with Crippen molar-refractivity contribution >= 4 is 16.9 Å². The molecule has 0 N–H and O–H groups in total. The highest BCUT2D eigenvalue weighted by Gasteiger charge is 2.24. The lowest BCUT2D eigenvalue weighted by Crippen LogP contribution is -2.03. The van der Waals surface area contributed by atoms with Crippen molar-refractivity contribution < 1.29 is 4.79 Å². The first-order valence-electron chi connectivity index (χ1n) is 4.51. The van der Waals surface area contributed by atoms with E-state index in [1.165, 1.54) is 31.0 Å². The molecule has 0 aliphatic carbocycles. The van der Waals surface area contributed by atoms with Gasteiger partial charge in [-0.25, -0.2) is 0 Å². The summed E-state index contributed by atoms with van der Waals surface area (Å²) in [5, 5.41) is 0.445. The summed E-state index contributed by atoms with van der Waals surface area (Å²) in [4.78, 5) is 11.1. The van der Waals surface area contributed by atoms with E-state index >= 15 is 0 Å². The Labute approximate surface area is 72.9 Å². The van der Waals surface area contributed by atoms with Crippen LogP contribution >= 0.6 is 11.8 Å². The predicted octanol–water partition coefficient (Wildman–Crippen LogP) is 2.85. The lowest BCUT2D eigenvalue weighted by molar-refractivity contribution is -0.114. The number of unbranched alkanes of at least 4 members (excludes halogenated alkanes) is 2. The van der Waals surface area contributed by atoms with Gasteiger partial charge in [-0.1, -0.05) is 37.9 Å². The van der Waals surface area contributed by atoms with Gasteiger partial charge < -0.3 is 0 Å². The molecule has 0 amide bonds. The summed E-state index contributed by atoms with van der Waals surface area (Å²) in [5.74, 6) is 1.47. The molecule has 2 heteroatoms. The summed E-state index contributed by atoms with van der Waals surface area (Å²) in [5.41, 5.74) is 0. The van der Waals surface area contributed by atoms with Crippen LogP contribution in [0.1, 0.15) is 39.0 Å². The summed E-state index contributed by atoms with van der Waals surface area (Å²) in [6.07, 6.45) is 6.06. The molecule has 1 aliphatic heterocycles. The summed E-state index contributed by atoms with van der Waals surface area (Å²) >= 11 is 1.52. The minimum absolute atomic E-state index is 0.409. The lowest BCUT2D eigenvalue weighted by Gasteiger charge is -2.04. The Balaban J connectivity index is 2.10. The summed E-state index contributed by atoms with van der Waals surface area (Å²) < 4.78 is 0. The third-order valence-corrected chi connectivity index (χ3v) is 3.26. The van der Waals surface area contributed by atoms with Gasteiger partial charge in [0.05, 0.1) is 0 Å². The Bertz CT molecular complexity index is 134. The van der Waals surface area contributed by atoms with Crippen molar-refractivity contribution in [1.29, 1.82) is 0 Å². The van der Waals surface area contributed by atoms with Gasteiger partial charge in [-0.15, -0.1) is 0 Å². The van der Waals surface area contributed by atoms with E-state index in [1.807, 2.05) is 0 Å². The summed E-state index contributed by atoms with van der Waals surface area (Å²) in [6.45, 7) is 2.20. The highest BCUT2D eigenvalue weighted by atomic mass is 32.2. The van der Waals surface area contributed by atoms with E-state index in [0.29, 0.717) is 11.0 Å². The molecule has 0 aromatic carbocycles. The predicted molar refractivity (Wildman–Crippen MR) is 49.7 cm³/mol. The van der Waals surface area contributed by atoms with Crippen molar-refractivity contribution in [3.05, 3.63) is 0 Å². The van der Waals surface area contributed by atoms with Crippen LogP contribution in [0.4, 0.5) is 0 Å². The van der Waals surface area contributed by atoms with Crippen molar-refractivity contribution in [3.63, 3.8) is 0 Å². The average Bonchev–Trinajstić information content (AvgIpc) is 2.37. The van der Waals surface area contributed by atoms with E-state index in [2.05, 4.69) is 6.92 Å². The number of carbonyl (C=O) groups excluding carboxylic acids is 1. The molecule has 0 spiro atoms. The molecule has 1 heterocycles. The van der Waals surface area contributed by atoms with E-state index in [9.17, 15) is 4.79 Å². The molecule has 1 atom stereocenters. The fraction of sp³-hybridized carbons (Fsp3) is 0.889. The molecule has 1 nitrogen and oxygen atoms in total. The number of thioether (sulfide) groups is 1. The van der Waals surface area contributed by atoms with Crippen molar-refractivity contribution in [2.24, 2.45) is 5.92 Å². The molecule has 1 rings (SSSR count). The fourth-order valence-electron chi connectivity index (χ4n) is 1.44. The molecule has 0 aromatic heterocycles. The maximum Gasteiger partial charge on any atom is 0.192 e. The van der Waals surface area contributed by atoms with Crippen LogP contribution in [0, 0.1) is 5.92 Å². The molecule has 0 aromatic rings. The van der Waals surface area contributed by atoms with Crippen molar-refractivity contribution in [1.82, 2.24) is 0 Å². The van der Waals surface area contributed by atoms with E-state index < -0.39 is 0 Å². The summed E-state index contributed by atoms with van der Waals surface area (Å²) in [7, 11) is 0. The molecular formula is C9H16OS. The van der Waals surface area contributed by atoms with Gasteiger partial charge in [-0.2, -0.15) is 0 Å². The maximum absolute atomic E-state index is 11.1. The van der Waals surface area contributed by atoms with Crippen LogP contribution in [0.2, 0.25) is 0 Å². The minimum Gasteiger partial charge on any atom is -0.287 e. The zero-order chi connectivity index (χ0) is 8.10. The van der Waals surface area contributed by atoms with Gasteiger partial charge in [0.2, 0.25) is 0 Å². The van der Waals surface area contributed by atoms with Crippen LogP contribution in [0.5, 0.6) is 0 Å². The topological polar surface area (TPSA) is 17.1 Å². The summed E-state index contributed by atoms with van der Waals surface area (Å²) in [6, 6.07) is 0. The molecule has 0 radical (unpaired) electrons. The highest BCUT2D eigenvalue weighted by Crippen LogP contribution is 2.29. The Kier molecular flexibility index (Phi) is 3.98. The molecule has 64 valence electrons. The van der Waals surface area contributed by atoms with Gasteiger partial charge in [0.1, 0.15) is 0 Å². The fourth-order valence-corrected chi connectivity index (χ4v) is 2.52. The largest absolute Gasteiger partial charge is 0.287 e. The lowest BCUT2D eigenvalue weighted by atomic mass is 10.0. The molecule has 11 heavy (non-hydrogen) atoms. The van der Waals surface area contributed by atoms with Crippen LogP contribution < -0.4 is 0 Å². The smallest absolute Gasteiger partial charge is 0.192 e. The van der Waals surface area contributed by atoms with Gasteiger partial charge >= 0.3 is 0 Å². The zero-order valence-corrected chi connectivity index (χ0v) is 7.95. The zero-order valence-electron chi connectivity index (χ0n) is 7.14. The van der Waals surface area contributed by atoms with Crippen molar-refractivity contribution in [2.75, 3.05) is 5.75 Å². The Hall–Kier alpha value is 0.0200. The molecule has 1 fully saturated rings. The second kappa shape index (κ2) is 4.81. The second-order valence-corrected chi connectivity index (χ2v) is 4.25. The number of carbonyl (C=O) groups is 1. The van der Waals surface area contributed by atoms with Gasteiger partial charge in [0.25, 0.3) is 0 Å². The Morgan fingerprint density at radius 2 is 2.36 bits per heavy atom. The molecule has 1 saturated heterocycles. The van der Waals surface area contributed by atoms with E-state index in [-0.39, 0.29) is 0 Å². The molecule has 0 saturated carbocycles. The van der Waals surface area contributed by atoms with Gasteiger partial charge in [-0.05, 0) is 12.8 Å². The monoisotopic (exact) mass is 172 g/mol. The first-order valence-corrected chi connectivity index (χ1v) is 5.49. The first kappa shape index (κ1) is 9.11. The standard InChI is InChI=1S/C9H16OS/c1-2-3-4-5-8-6-7-11-9(8)10/h8H,2-7H2,1H3. The van der Waals surface area contributed by atoms with Crippen molar-refractivity contribution in [2.45, 2.75) is 39.0 Å². The maximum atomic E-state index is 11.1. The SMILES string of the molecule is CCCCCC1CCSC1=O. The van der Waals surface area contributed by atoms with E-state index in [1.54, 1.807) is 0 Å². The number of hydrogen-bond donors (Lipinski definition) is 0. The Morgan fingerprint density at radius 1 is 1.55 bits per heavy atom. The van der Waals surface area contributed by atoms with Crippen LogP contribution in [-0.4, -0.2) is 10.9 Å². The van der Waals surface area contributed by atoms with E-state index in [4.69, 9.17) is 0 Å². The van der Waals surface area contributed by atoms with Crippen molar-refractivity contribution in [3.8, 4) is 0 Å². The molecule has 1 aliphatic rings. The first-order chi connectivity index (χ1) is 5.34. The molecular weight excluding hydrogens is 156 g/mol. The van der Waals surface area contributed by atoms with Crippen LogP contribution in [0.15, 0.2) is 0 Å². The normalized spacial score (nSPS) is 24.5. The second-order valence-electron chi connectivity index (χ2n) is 3.15. The Morgan fingerprint density at radius 3 is 2.91 bits per heavy atom. The number of rotatable bonds is 4. The van der Waals surface area contributed by atoms with Gasteiger partial charge in [-0.3, -0.25) is 4.79 Å². The molecule has 0 bridgehead atoms. The van der Waals surface area contributed by atoms with Gasteiger partial charge in [0, 0.05) is 11.7 Å². The minimum atomic E-state index is 0.409. The quantitative estimate of drug-likeness (QED) is 0.606. The van der Waals surface area contributed by atoms with Gasteiger partial charge in [0.15, 0.2) is 5.12 Å². The number of hydrogen-bond acceptors (Lipinski definition) is 2. The van der Waals surface area contributed by atoms with Crippen LogP contribution in [0.25, 0.3) is 0 Å². The van der Waals surface area contributed by atoms with Crippen LogP contribution in [0.3, 0.4) is 0 Å². The highest BCUT2D eigenvalue weighted by molar-refractivity contribution is 8.14. The average molecular weight is 172 g/mol. The molecule has 1 unspecified atom stereocenters. The third kappa shape index (κ3) is 2.86. The van der Waals surface area contributed by atoms with E-state index in [0.717, 1.165) is 18.6 Å². The van der Waals surface area contributed by atoms with Crippen LogP contribution in [-0.2, 0) is 4.79 Å². The third-order valence-electron chi connectivity index (χ3n) is 2.20.